The van der Waals surface area contributed by atoms with Crippen molar-refractivity contribution in [1.82, 2.24) is 14.9 Å². The molecule has 1 rings (SSSR count). The molecule has 2 atom stereocenters. The highest BCUT2D eigenvalue weighted by Gasteiger charge is 2.30. The van der Waals surface area contributed by atoms with E-state index in [1.54, 1.807) is 20.8 Å². The summed E-state index contributed by atoms with van der Waals surface area (Å²) in [5.41, 5.74) is -0.566. The average molecular weight is 408 g/mol. The van der Waals surface area contributed by atoms with Crippen LogP contribution < -0.4 is 10.6 Å². The first-order valence-corrected chi connectivity index (χ1v) is 10.9. The number of ether oxygens (including phenoxy) is 2. The van der Waals surface area contributed by atoms with Crippen molar-refractivity contribution >= 4 is 22.0 Å². The van der Waals surface area contributed by atoms with Crippen LogP contribution in [0.1, 0.15) is 47.5 Å². The fourth-order valence-corrected chi connectivity index (χ4v) is 4.14. The number of carbonyl (C=O) groups is 2. The Morgan fingerprint density at radius 2 is 1.70 bits per heavy atom. The Labute approximate surface area is 162 Å². The summed E-state index contributed by atoms with van der Waals surface area (Å²) in [6.45, 7) is 10.0. The summed E-state index contributed by atoms with van der Waals surface area (Å²) in [6, 6.07) is 0. The summed E-state index contributed by atoms with van der Waals surface area (Å²) >= 11 is 0. The number of rotatable bonds is 8. The molecule has 10 heteroatoms. The molecule has 2 unspecified atom stereocenters. The second-order valence-corrected chi connectivity index (χ2v) is 9.86. The zero-order valence-electron chi connectivity index (χ0n) is 16.9. The van der Waals surface area contributed by atoms with Crippen molar-refractivity contribution < 1.29 is 27.5 Å². The van der Waals surface area contributed by atoms with Gasteiger partial charge in [0.05, 0.1) is 18.0 Å². The molecule has 1 heterocycles. The minimum Gasteiger partial charge on any atom is -0.444 e. The Bertz CT molecular complexity index is 592. The summed E-state index contributed by atoms with van der Waals surface area (Å²) in [7, 11) is -3.43. The van der Waals surface area contributed by atoms with Gasteiger partial charge in [0.15, 0.2) is 0 Å². The monoisotopic (exact) mass is 407 g/mol. The first kappa shape index (κ1) is 23.6. The van der Waals surface area contributed by atoms with Gasteiger partial charge in [-0.1, -0.05) is 0 Å². The van der Waals surface area contributed by atoms with Crippen molar-refractivity contribution in [3.8, 4) is 0 Å². The summed E-state index contributed by atoms with van der Waals surface area (Å²) in [4.78, 5) is 23.3. The van der Waals surface area contributed by atoms with E-state index in [2.05, 4.69) is 10.6 Å². The van der Waals surface area contributed by atoms with E-state index in [0.29, 0.717) is 26.1 Å². The second kappa shape index (κ2) is 10.2. The molecule has 0 spiro atoms. The number of amides is 2. The average Bonchev–Trinajstić information content (AvgIpc) is 2.48. The summed E-state index contributed by atoms with van der Waals surface area (Å²) < 4.78 is 36.8. The molecule has 0 radical (unpaired) electrons. The number of carbonyl (C=O) groups excluding carboxylic acids is 2. The SMILES string of the molecule is CC1CN(S(=O)(=O)CCNC(=O)CCCNC(=O)OC(C)(C)C)CC(C)O1. The van der Waals surface area contributed by atoms with Gasteiger partial charge in [-0.05, 0) is 41.0 Å². The highest BCUT2D eigenvalue weighted by atomic mass is 32.2. The lowest BCUT2D eigenvalue weighted by atomic mass is 10.2. The van der Waals surface area contributed by atoms with E-state index in [0.717, 1.165) is 0 Å². The van der Waals surface area contributed by atoms with Crippen LogP contribution in [-0.2, 0) is 24.3 Å². The van der Waals surface area contributed by atoms with Crippen molar-refractivity contribution in [1.29, 1.82) is 0 Å². The third kappa shape index (κ3) is 9.92. The van der Waals surface area contributed by atoms with Gasteiger partial charge in [0.2, 0.25) is 15.9 Å². The van der Waals surface area contributed by atoms with Crippen LogP contribution in [0.4, 0.5) is 4.79 Å². The molecule has 2 N–H and O–H groups in total. The van der Waals surface area contributed by atoms with Gasteiger partial charge in [0, 0.05) is 32.6 Å². The highest BCUT2D eigenvalue weighted by molar-refractivity contribution is 7.89. The Kier molecular flexibility index (Phi) is 8.97. The molecule has 0 aromatic rings. The predicted molar refractivity (Wildman–Crippen MR) is 102 cm³/mol. The smallest absolute Gasteiger partial charge is 0.407 e. The van der Waals surface area contributed by atoms with Gasteiger partial charge in [-0.2, -0.15) is 4.31 Å². The van der Waals surface area contributed by atoms with E-state index < -0.39 is 21.7 Å². The molecule has 158 valence electrons. The van der Waals surface area contributed by atoms with Crippen LogP contribution in [0, 0.1) is 0 Å². The molecule has 1 fully saturated rings. The van der Waals surface area contributed by atoms with E-state index in [1.165, 1.54) is 4.31 Å². The van der Waals surface area contributed by atoms with Crippen LogP contribution in [0.2, 0.25) is 0 Å². The number of hydrogen-bond donors (Lipinski definition) is 2. The summed E-state index contributed by atoms with van der Waals surface area (Å²) in [6.07, 6.45) is -0.174. The van der Waals surface area contributed by atoms with E-state index in [-0.39, 0.29) is 36.8 Å². The van der Waals surface area contributed by atoms with Gasteiger partial charge in [-0.3, -0.25) is 4.79 Å². The minimum atomic E-state index is -3.43. The van der Waals surface area contributed by atoms with E-state index >= 15 is 0 Å². The molecule has 9 nitrogen and oxygen atoms in total. The summed E-state index contributed by atoms with van der Waals surface area (Å²) in [5, 5.41) is 5.18. The van der Waals surface area contributed by atoms with Crippen molar-refractivity contribution in [2.45, 2.75) is 65.3 Å². The molecule has 0 aromatic carbocycles. The third-order valence-electron chi connectivity index (χ3n) is 3.71. The van der Waals surface area contributed by atoms with Gasteiger partial charge in [0.25, 0.3) is 0 Å². The fraction of sp³-hybridized carbons (Fsp3) is 0.882. The number of hydrogen-bond acceptors (Lipinski definition) is 6. The topological polar surface area (TPSA) is 114 Å². The molecule has 1 aliphatic heterocycles. The highest BCUT2D eigenvalue weighted by Crippen LogP contribution is 2.14. The summed E-state index contributed by atoms with van der Waals surface area (Å²) in [5.74, 6) is -0.395. The van der Waals surface area contributed by atoms with Crippen molar-refractivity contribution in [3.05, 3.63) is 0 Å². The van der Waals surface area contributed by atoms with Crippen LogP contribution in [0.5, 0.6) is 0 Å². The molecular weight excluding hydrogens is 374 g/mol. The van der Waals surface area contributed by atoms with Gasteiger partial charge in [-0.15, -0.1) is 0 Å². The zero-order chi connectivity index (χ0) is 20.7. The zero-order valence-corrected chi connectivity index (χ0v) is 17.7. The molecule has 0 aromatic heterocycles. The van der Waals surface area contributed by atoms with Crippen LogP contribution in [0.3, 0.4) is 0 Å². The number of alkyl carbamates (subject to hydrolysis) is 1. The molecule has 1 saturated heterocycles. The van der Waals surface area contributed by atoms with Gasteiger partial charge in [-0.25, -0.2) is 13.2 Å². The Morgan fingerprint density at radius 3 is 2.26 bits per heavy atom. The molecular formula is C17H33N3O6S. The minimum absolute atomic E-state index is 0.0563. The van der Waals surface area contributed by atoms with Gasteiger partial charge in [0.1, 0.15) is 5.60 Å². The lowest BCUT2D eigenvalue weighted by Gasteiger charge is -2.34. The number of nitrogens with zero attached hydrogens (tertiary/aromatic N) is 1. The van der Waals surface area contributed by atoms with Crippen LogP contribution >= 0.6 is 0 Å². The van der Waals surface area contributed by atoms with E-state index in [1.807, 2.05) is 13.8 Å². The molecule has 2 amide bonds. The van der Waals surface area contributed by atoms with Crippen LogP contribution in [0.25, 0.3) is 0 Å². The lowest BCUT2D eigenvalue weighted by molar-refractivity contribution is -0.121. The van der Waals surface area contributed by atoms with Gasteiger partial charge >= 0.3 is 6.09 Å². The van der Waals surface area contributed by atoms with E-state index in [9.17, 15) is 18.0 Å². The Balaban J connectivity index is 2.22. The number of sulfonamides is 1. The molecule has 0 bridgehead atoms. The first-order chi connectivity index (χ1) is 12.4. The second-order valence-electron chi connectivity index (χ2n) is 7.77. The van der Waals surface area contributed by atoms with E-state index in [4.69, 9.17) is 9.47 Å². The van der Waals surface area contributed by atoms with Gasteiger partial charge < -0.3 is 20.1 Å². The van der Waals surface area contributed by atoms with Crippen molar-refractivity contribution in [2.24, 2.45) is 0 Å². The molecule has 27 heavy (non-hydrogen) atoms. The fourth-order valence-electron chi connectivity index (χ4n) is 2.65. The maximum absolute atomic E-state index is 12.4. The number of nitrogens with one attached hydrogen (secondary N) is 2. The third-order valence-corrected chi connectivity index (χ3v) is 5.52. The van der Waals surface area contributed by atoms with Crippen molar-refractivity contribution in [3.63, 3.8) is 0 Å². The maximum atomic E-state index is 12.4. The largest absolute Gasteiger partial charge is 0.444 e. The Hall–Kier alpha value is -1.39. The maximum Gasteiger partial charge on any atom is 0.407 e. The molecule has 1 aliphatic rings. The molecule has 0 saturated carbocycles. The van der Waals surface area contributed by atoms with Crippen LogP contribution in [0.15, 0.2) is 0 Å². The standard InChI is InChI=1S/C17H33N3O6S/c1-13-11-20(12-14(2)25-13)27(23,24)10-9-18-15(21)7-6-8-19-16(22)26-17(3,4)5/h13-14H,6-12H2,1-5H3,(H,18,21)(H,19,22). The predicted octanol–water partition coefficient (Wildman–Crippen LogP) is 0.847. The Morgan fingerprint density at radius 1 is 1.11 bits per heavy atom. The van der Waals surface area contributed by atoms with Crippen LogP contribution in [-0.4, -0.2) is 74.5 Å². The quantitative estimate of drug-likeness (QED) is 0.577. The lowest BCUT2D eigenvalue weighted by Crippen LogP contribution is -2.49. The molecule has 0 aliphatic carbocycles. The van der Waals surface area contributed by atoms with Crippen molar-refractivity contribution in [2.75, 3.05) is 31.9 Å². The number of morpholine rings is 1. The first-order valence-electron chi connectivity index (χ1n) is 9.26. The normalized spacial score (nSPS) is 21.5.